The van der Waals surface area contributed by atoms with Crippen LogP contribution >= 0.6 is 0 Å². The van der Waals surface area contributed by atoms with E-state index in [-0.39, 0.29) is 18.9 Å². The highest BCUT2D eigenvalue weighted by molar-refractivity contribution is 5.76. The first-order chi connectivity index (χ1) is 18.5. The predicted molar refractivity (Wildman–Crippen MR) is 162 cm³/mol. The monoisotopic (exact) mass is 531 g/mol. The molecule has 3 atom stereocenters. The number of nitrogens with one attached hydrogen (secondary N) is 1. The Morgan fingerprint density at radius 1 is 0.711 bits per heavy atom. The van der Waals surface area contributed by atoms with Crippen molar-refractivity contribution in [3.8, 4) is 0 Å². The number of carbonyl (C=O) groups is 1. The van der Waals surface area contributed by atoms with E-state index >= 15 is 0 Å². The summed E-state index contributed by atoms with van der Waals surface area (Å²) in [5, 5.41) is 32.7. The Bertz CT molecular complexity index is 680. The summed E-state index contributed by atoms with van der Waals surface area (Å²) in [6.45, 7) is 3.99. The molecule has 5 nitrogen and oxygen atoms in total. The molecule has 218 valence electrons. The third-order valence-electron chi connectivity index (χ3n) is 6.29. The quantitative estimate of drug-likeness (QED) is 0.0567. The molecule has 0 saturated carbocycles. The van der Waals surface area contributed by atoms with E-state index in [1.54, 1.807) is 6.08 Å². The molecule has 0 aromatic carbocycles. The van der Waals surface area contributed by atoms with Gasteiger partial charge in [0.15, 0.2) is 0 Å². The van der Waals surface area contributed by atoms with Crippen molar-refractivity contribution in [2.45, 2.75) is 135 Å². The number of hydrogen-bond acceptors (Lipinski definition) is 4. The molecule has 0 fully saturated rings. The fourth-order valence-corrected chi connectivity index (χ4v) is 3.95. The van der Waals surface area contributed by atoms with Gasteiger partial charge in [-0.1, -0.05) is 107 Å². The van der Waals surface area contributed by atoms with Crippen molar-refractivity contribution in [1.82, 2.24) is 5.32 Å². The van der Waals surface area contributed by atoms with Gasteiger partial charge >= 0.3 is 0 Å². The summed E-state index contributed by atoms with van der Waals surface area (Å²) in [6.07, 6.45) is 34.8. The van der Waals surface area contributed by atoms with Gasteiger partial charge in [-0.2, -0.15) is 0 Å². The number of rotatable bonds is 25. The summed E-state index contributed by atoms with van der Waals surface area (Å²) in [7, 11) is 0. The third kappa shape index (κ3) is 24.4. The first kappa shape index (κ1) is 36.0. The number of allylic oxidation sites excluding steroid dienone is 9. The van der Waals surface area contributed by atoms with Crippen LogP contribution in [0.25, 0.3) is 0 Å². The zero-order valence-corrected chi connectivity index (χ0v) is 24.3. The number of unbranched alkanes of at least 4 members (excludes halogenated alkanes) is 9. The number of aliphatic hydroxyl groups is 3. The average Bonchev–Trinajstić information content (AvgIpc) is 2.90. The third-order valence-corrected chi connectivity index (χ3v) is 6.29. The van der Waals surface area contributed by atoms with Crippen LogP contribution in [0.15, 0.2) is 60.8 Å². The van der Waals surface area contributed by atoms with Crippen LogP contribution in [0.5, 0.6) is 0 Å². The van der Waals surface area contributed by atoms with Crippen LogP contribution in [-0.2, 0) is 4.79 Å². The zero-order chi connectivity index (χ0) is 28.1. The molecule has 0 aliphatic heterocycles. The van der Waals surface area contributed by atoms with E-state index < -0.39 is 18.2 Å². The highest BCUT2D eigenvalue weighted by atomic mass is 16.3. The van der Waals surface area contributed by atoms with Crippen LogP contribution in [0.1, 0.15) is 117 Å². The summed E-state index contributed by atoms with van der Waals surface area (Å²) in [5.74, 6) is -0.350. The Labute approximate surface area is 233 Å². The fourth-order valence-electron chi connectivity index (χ4n) is 3.95. The molecule has 0 aromatic rings. The average molecular weight is 532 g/mol. The van der Waals surface area contributed by atoms with Gasteiger partial charge in [0.05, 0.1) is 31.3 Å². The maximum absolute atomic E-state index is 12.3. The van der Waals surface area contributed by atoms with Crippen molar-refractivity contribution < 1.29 is 20.1 Å². The summed E-state index contributed by atoms with van der Waals surface area (Å²) < 4.78 is 0. The van der Waals surface area contributed by atoms with E-state index in [0.29, 0.717) is 6.42 Å². The lowest BCUT2D eigenvalue weighted by Gasteiger charge is -2.20. The minimum Gasteiger partial charge on any atom is -0.394 e. The van der Waals surface area contributed by atoms with Crippen molar-refractivity contribution in [3.05, 3.63) is 60.8 Å². The van der Waals surface area contributed by atoms with Crippen molar-refractivity contribution >= 4 is 5.91 Å². The van der Waals surface area contributed by atoms with Gasteiger partial charge in [0.25, 0.3) is 0 Å². The van der Waals surface area contributed by atoms with Crippen molar-refractivity contribution in [1.29, 1.82) is 0 Å². The van der Waals surface area contributed by atoms with E-state index in [1.165, 1.54) is 19.3 Å². The van der Waals surface area contributed by atoms with Gasteiger partial charge in [-0.25, -0.2) is 0 Å². The summed E-state index contributed by atoms with van der Waals surface area (Å²) in [6, 6.07) is -0.772. The number of hydrogen-bond donors (Lipinski definition) is 4. The number of carbonyl (C=O) groups excluding carboxylic acids is 1. The number of amides is 1. The second kappa shape index (κ2) is 28.1. The van der Waals surface area contributed by atoms with Gasteiger partial charge in [-0.05, 0) is 64.2 Å². The van der Waals surface area contributed by atoms with Crippen LogP contribution in [0, 0.1) is 0 Å². The molecular weight excluding hydrogens is 474 g/mol. The Morgan fingerprint density at radius 3 is 1.89 bits per heavy atom. The first-order valence-electron chi connectivity index (χ1n) is 15.1. The molecule has 0 spiro atoms. The lowest BCUT2D eigenvalue weighted by atomic mass is 10.0. The van der Waals surface area contributed by atoms with Gasteiger partial charge in [0, 0.05) is 0 Å². The van der Waals surface area contributed by atoms with Gasteiger partial charge in [0.2, 0.25) is 5.91 Å². The molecular formula is C33H57NO4. The minimum absolute atomic E-state index is 0.0154. The Morgan fingerprint density at radius 2 is 1.29 bits per heavy atom. The van der Waals surface area contributed by atoms with Gasteiger partial charge in [0.1, 0.15) is 0 Å². The van der Waals surface area contributed by atoms with Crippen molar-refractivity contribution in [3.63, 3.8) is 0 Å². The molecule has 0 aliphatic rings. The molecule has 0 saturated heterocycles. The van der Waals surface area contributed by atoms with Crippen LogP contribution in [-0.4, -0.2) is 46.1 Å². The number of aliphatic hydroxyl groups excluding tert-OH is 3. The van der Waals surface area contributed by atoms with Crippen LogP contribution < -0.4 is 5.32 Å². The second-order valence-corrected chi connectivity index (χ2v) is 9.98. The molecule has 0 radical (unpaired) electrons. The molecule has 0 bridgehead atoms. The Kier molecular flexibility index (Phi) is 26.6. The molecule has 4 N–H and O–H groups in total. The van der Waals surface area contributed by atoms with Crippen molar-refractivity contribution in [2.24, 2.45) is 0 Å². The van der Waals surface area contributed by atoms with Gasteiger partial charge in [-0.3, -0.25) is 4.79 Å². The maximum atomic E-state index is 12.3. The smallest absolute Gasteiger partial charge is 0.222 e. The molecule has 0 rings (SSSR count). The summed E-state index contributed by atoms with van der Waals surface area (Å²) >= 11 is 0. The molecule has 0 heterocycles. The lowest BCUT2D eigenvalue weighted by molar-refractivity contribution is -0.124. The minimum atomic E-state index is -0.963. The van der Waals surface area contributed by atoms with E-state index in [4.69, 9.17) is 0 Å². The topological polar surface area (TPSA) is 89.8 Å². The standard InChI is InChI=1S/C33H57NO4/c1-3-5-7-9-11-13-15-16-17-18-20-22-24-26-30(36)28-33(38)34-31(29-35)32(37)27-25-23-21-19-14-12-10-8-6-4-2/h6,8,11,13-16,19,25,27,30-32,35-37H,3-5,7,9-10,12,17-18,20-24,26,28-29H2,1-2H3,(H,34,38)/b8-6+,13-11-,16-15-,19-14+,27-25+. The molecule has 0 aliphatic carbocycles. The van der Waals surface area contributed by atoms with Crippen LogP contribution in [0.3, 0.4) is 0 Å². The van der Waals surface area contributed by atoms with E-state index in [2.05, 4.69) is 67.8 Å². The predicted octanol–water partition coefficient (Wildman–Crippen LogP) is 7.25. The summed E-state index contributed by atoms with van der Waals surface area (Å²) in [4.78, 5) is 12.3. The molecule has 38 heavy (non-hydrogen) atoms. The van der Waals surface area contributed by atoms with E-state index in [9.17, 15) is 20.1 Å². The Hall–Kier alpha value is -1.95. The molecule has 5 heteroatoms. The van der Waals surface area contributed by atoms with Gasteiger partial charge in [-0.15, -0.1) is 0 Å². The lowest BCUT2D eigenvalue weighted by Crippen LogP contribution is -2.45. The van der Waals surface area contributed by atoms with Crippen LogP contribution in [0.4, 0.5) is 0 Å². The van der Waals surface area contributed by atoms with E-state index in [1.807, 2.05) is 6.08 Å². The summed E-state index contributed by atoms with van der Waals surface area (Å²) in [5.41, 5.74) is 0. The van der Waals surface area contributed by atoms with E-state index in [0.717, 1.165) is 70.6 Å². The Balaban J connectivity index is 3.94. The molecule has 0 aromatic heterocycles. The SMILES string of the molecule is CC/C=C/CC/C=C/CC/C=C/C(O)C(CO)NC(=O)CC(O)CCCCCC/C=C\C=C/CCCCC. The maximum Gasteiger partial charge on any atom is 0.222 e. The zero-order valence-electron chi connectivity index (χ0n) is 24.3. The van der Waals surface area contributed by atoms with Crippen molar-refractivity contribution in [2.75, 3.05) is 6.61 Å². The second-order valence-electron chi connectivity index (χ2n) is 9.98. The first-order valence-corrected chi connectivity index (χ1v) is 15.1. The van der Waals surface area contributed by atoms with Crippen LogP contribution in [0.2, 0.25) is 0 Å². The molecule has 1 amide bonds. The highest BCUT2D eigenvalue weighted by Gasteiger charge is 2.19. The fraction of sp³-hybridized carbons (Fsp3) is 0.667. The normalized spacial score (nSPS) is 15.0. The highest BCUT2D eigenvalue weighted by Crippen LogP contribution is 2.10. The van der Waals surface area contributed by atoms with Gasteiger partial charge < -0.3 is 20.6 Å². The largest absolute Gasteiger partial charge is 0.394 e. The molecule has 3 unspecified atom stereocenters.